The average Bonchev–Trinajstić information content (AvgIpc) is 2.55. The van der Waals surface area contributed by atoms with Crippen molar-refractivity contribution < 1.29 is 17.8 Å². The monoisotopic (exact) mass is 341 g/mol. The van der Waals surface area contributed by atoms with Crippen LogP contribution in [0.3, 0.4) is 0 Å². The average molecular weight is 341 g/mol. The van der Waals surface area contributed by atoms with Gasteiger partial charge in [-0.3, -0.25) is 9.35 Å². The van der Waals surface area contributed by atoms with Gasteiger partial charge in [0.2, 0.25) is 0 Å². The SMILES string of the molecule is CCN(CC)CC.CN(C#N)C(=O)c1ccc(S(=O)(=O)O)cc1. The standard InChI is InChI=1S/C9H8N2O4S.C6H15N/c1-11(6-10)9(12)7-2-4-8(5-3-7)16(13,14)15;1-4-7(5-2)6-3/h2-5H,1H3,(H,13,14,15);4-6H2,1-3H3. The van der Waals surface area contributed by atoms with E-state index in [-0.39, 0.29) is 10.5 Å². The second-order valence-electron chi connectivity index (χ2n) is 4.58. The van der Waals surface area contributed by atoms with Gasteiger partial charge < -0.3 is 4.90 Å². The zero-order valence-corrected chi connectivity index (χ0v) is 14.7. The van der Waals surface area contributed by atoms with E-state index in [0.717, 1.165) is 17.0 Å². The molecule has 0 saturated carbocycles. The summed E-state index contributed by atoms with van der Waals surface area (Å²) in [5.74, 6) is -0.551. The van der Waals surface area contributed by atoms with Crippen LogP contribution >= 0.6 is 0 Å². The smallest absolute Gasteiger partial charge is 0.294 e. The third-order valence-electron chi connectivity index (χ3n) is 3.20. The van der Waals surface area contributed by atoms with Crippen molar-refractivity contribution in [1.29, 1.82) is 5.26 Å². The van der Waals surface area contributed by atoms with Crippen LogP contribution in [0.5, 0.6) is 0 Å². The van der Waals surface area contributed by atoms with Crippen LogP contribution in [-0.2, 0) is 10.1 Å². The fourth-order valence-electron chi connectivity index (χ4n) is 1.68. The van der Waals surface area contributed by atoms with Gasteiger partial charge in [-0.05, 0) is 43.9 Å². The summed E-state index contributed by atoms with van der Waals surface area (Å²) in [6, 6.07) is 4.63. The fourth-order valence-corrected chi connectivity index (χ4v) is 2.16. The van der Waals surface area contributed by atoms with E-state index < -0.39 is 16.0 Å². The van der Waals surface area contributed by atoms with Crippen LogP contribution in [-0.4, -0.2) is 55.4 Å². The van der Waals surface area contributed by atoms with E-state index in [1.165, 1.54) is 38.8 Å². The van der Waals surface area contributed by atoms with Crippen molar-refractivity contribution in [3.63, 3.8) is 0 Å². The first kappa shape index (κ1) is 21.0. The lowest BCUT2D eigenvalue weighted by Gasteiger charge is -2.13. The van der Waals surface area contributed by atoms with Crippen molar-refractivity contribution in [2.45, 2.75) is 25.7 Å². The lowest BCUT2D eigenvalue weighted by Crippen LogP contribution is -2.21. The first-order chi connectivity index (χ1) is 10.7. The van der Waals surface area contributed by atoms with Crippen molar-refractivity contribution in [3.8, 4) is 6.19 Å². The molecular formula is C15H23N3O4S. The second-order valence-corrected chi connectivity index (χ2v) is 6.00. The number of rotatable bonds is 5. The maximum absolute atomic E-state index is 11.4. The van der Waals surface area contributed by atoms with Crippen LogP contribution < -0.4 is 0 Å². The molecule has 0 heterocycles. The number of amides is 1. The lowest BCUT2D eigenvalue weighted by molar-refractivity contribution is 0.0858. The predicted molar refractivity (Wildman–Crippen MR) is 87.4 cm³/mol. The third kappa shape index (κ3) is 7.23. The molecule has 1 aromatic carbocycles. The van der Waals surface area contributed by atoms with Crippen molar-refractivity contribution in [2.24, 2.45) is 0 Å². The van der Waals surface area contributed by atoms with Crippen molar-refractivity contribution in [3.05, 3.63) is 29.8 Å². The molecular weight excluding hydrogens is 318 g/mol. The van der Waals surface area contributed by atoms with Crippen LogP contribution in [0, 0.1) is 11.5 Å². The van der Waals surface area contributed by atoms with E-state index in [0.29, 0.717) is 0 Å². The molecule has 0 aliphatic carbocycles. The summed E-state index contributed by atoms with van der Waals surface area (Å²) in [6.07, 6.45) is 1.62. The zero-order valence-electron chi connectivity index (χ0n) is 13.9. The minimum absolute atomic E-state index is 0.163. The van der Waals surface area contributed by atoms with Gasteiger partial charge >= 0.3 is 0 Å². The molecule has 0 bridgehead atoms. The second kappa shape index (κ2) is 9.94. The molecule has 0 fully saturated rings. The molecule has 23 heavy (non-hydrogen) atoms. The Kier molecular flexibility index (Phi) is 9.10. The Labute approximate surface area is 137 Å². The molecule has 0 aliphatic heterocycles. The van der Waals surface area contributed by atoms with E-state index >= 15 is 0 Å². The Morgan fingerprint density at radius 1 is 1.13 bits per heavy atom. The zero-order chi connectivity index (χ0) is 18.0. The van der Waals surface area contributed by atoms with E-state index in [1.54, 1.807) is 6.19 Å². The predicted octanol–water partition coefficient (Wildman–Crippen LogP) is 1.83. The fraction of sp³-hybridized carbons (Fsp3) is 0.467. The van der Waals surface area contributed by atoms with Crippen LogP contribution in [0.1, 0.15) is 31.1 Å². The molecule has 1 rings (SSSR count). The summed E-state index contributed by atoms with van der Waals surface area (Å²) in [5, 5.41) is 8.47. The number of hydrogen-bond donors (Lipinski definition) is 1. The highest BCUT2D eigenvalue weighted by Gasteiger charge is 2.13. The molecule has 0 spiro atoms. The van der Waals surface area contributed by atoms with Crippen molar-refractivity contribution >= 4 is 16.0 Å². The lowest BCUT2D eigenvalue weighted by atomic mass is 10.2. The van der Waals surface area contributed by atoms with E-state index in [2.05, 4.69) is 25.7 Å². The number of nitriles is 1. The van der Waals surface area contributed by atoms with Gasteiger partial charge in [-0.15, -0.1) is 0 Å². The summed E-state index contributed by atoms with van der Waals surface area (Å²) >= 11 is 0. The molecule has 1 N–H and O–H groups in total. The molecule has 0 radical (unpaired) electrons. The minimum atomic E-state index is -4.26. The van der Waals surface area contributed by atoms with Crippen molar-refractivity contribution in [1.82, 2.24) is 9.80 Å². The van der Waals surface area contributed by atoms with E-state index in [1.807, 2.05) is 0 Å². The Morgan fingerprint density at radius 3 is 1.83 bits per heavy atom. The topological polar surface area (TPSA) is 102 Å². The van der Waals surface area contributed by atoms with Gasteiger partial charge in [0.1, 0.15) is 0 Å². The first-order valence-corrected chi connectivity index (χ1v) is 8.62. The quantitative estimate of drug-likeness (QED) is 0.498. The summed E-state index contributed by atoms with van der Waals surface area (Å²) in [6.45, 7) is 10.1. The maximum Gasteiger partial charge on any atom is 0.294 e. The molecule has 0 aliphatic rings. The van der Waals surface area contributed by atoms with Crippen LogP contribution in [0.15, 0.2) is 29.2 Å². The molecule has 7 nitrogen and oxygen atoms in total. The molecule has 1 amide bonds. The highest BCUT2D eigenvalue weighted by Crippen LogP contribution is 2.11. The minimum Gasteiger partial charge on any atom is -0.304 e. The van der Waals surface area contributed by atoms with E-state index in [9.17, 15) is 13.2 Å². The number of carbonyl (C=O) groups excluding carboxylic acids is 1. The van der Waals surface area contributed by atoms with Gasteiger partial charge in [0.25, 0.3) is 16.0 Å². The van der Waals surface area contributed by atoms with Gasteiger partial charge in [-0.25, -0.2) is 4.90 Å². The maximum atomic E-state index is 11.4. The summed E-state index contributed by atoms with van der Waals surface area (Å²) in [5.41, 5.74) is 0.163. The molecule has 0 saturated heterocycles. The Balaban J connectivity index is 0.000000585. The summed E-state index contributed by atoms with van der Waals surface area (Å²) in [7, 11) is -2.97. The third-order valence-corrected chi connectivity index (χ3v) is 4.06. The molecule has 1 aromatic rings. The molecule has 0 aromatic heterocycles. The van der Waals surface area contributed by atoms with Crippen LogP contribution in [0.2, 0.25) is 0 Å². The van der Waals surface area contributed by atoms with Gasteiger partial charge in [0.15, 0.2) is 6.19 Å². The number of nitrogens with zero attached hydrogens (tertiary/aromatic N) is 3. The highest BCUT2D eigenvalue weighted by atomic mass is 32.2. The van der Waals surface area contributed by atoms with Crippen LogP contribution in [0.4, 0.5) is 0 Å². The number of hydrogen-bond acceptors (Lipinski definition) is 5. The molecule has 0 atom stereocenters. The van der Waals surface area contributed by atoms with Gasteiger partial charge in [-0.2, -0.15) is 13.7 Å². The Bertz CT molecular complexity index is 626. The van der Waals surface area contributed by atoms with Gasteiger partial charge in [0.05, 0.1) is 4.90 Å². The Morgan fingerprint density at radius 2 is 1.57 bits per heavy atom. The normalized spacial score (nSPS) is 10.5. The van der Waals surface area contributed by atoms with E-state index in [4.69, 9.17) is 9.81 Å². The summed E-state index contributed by atoms with van der Waals surface area (Å²) in [4.78, 5) is 14.3. The van der Waals surface area contributed by atoms with Crippen molar-refractivity contribution in [2.75, 3.05) is 26.7 Å². The number of benzene rings is 1. The summed E-state index contributed by atoms with van der Waals surface area (Å²) < 4.78 is 30.1. The van der Waals surface area contributed by atoms with Gasteiger partial charge in [-0.1, -0.05) is 20.8 Å². The molecule has 0 unspecified atom stereocenters. The van der Waals surface area contributed by atoms with Gasteiger partial charge in [0, 0.05) is 12.6 Å². The first-order valence-electron chi connectivity index (χ1n) is 7.18. The molecule has 128 valence electrons. The van der Waals surface area contributed by atoms with Crippen LogP contribution in [0.25, 0.3) is 0 Å². The molecule has 8 heteroatoms. The number of carbonyl (C=O) groups is 1. The Hall–Kier alpha value is -1.95. The largest absolute Gasteiger partial charge is 0.304 e. The highest BCUT2D eigenvalue weighted by molar-refractivity contribution is 7.85.